The average molecular weight is 470 g/mol. The van der Waals surface area contributed by atoms with E-state index in [1.54, 1.807) is 0 Å². The van der Waals surface area contributed by atoms with Crippen molar-refractivity contribution in [2.45, 2.75) is 51.4 Å². The van der Waals surface area contributed by atoms with E-state index in [4.69, 9.17) is 4.74 Å². The maximum atomic E-state index is 12.3. The molecule has 0 bridgehead atoms. The van der Waals surface area contributed by atoms with Crippen molar-refractivity contribution in [1.82, 2.24) is 14.8 Å². The highest BCUT2D eigenvalue weighted by Gasteiger charge is 2.16. The van der Waals surface area contributed by atoms with Gasteiger partial charge < -0.3 is 14.6 Å². The summed E-state index contributed by atoms with van der Waals surface area (Å²) in [5, 5.41) is 22.5. The van der Waals surface area contributed by atoms with E-state index in [-0.39, 0.29) is 29.4 Å². The van der Waals surface area contributed by atoms with Gasteiger partial charge in [-0.3, -0.25) is 14.9 Å². The summed E-state index contributed by atoms with van der Waals surface area (Å²) in [6.07, 6.45) is 0. The number of nitrogens with one attached hydrogen (secondary N) is 1. The van der Waals surface area contributed by atoms with Gasteiger partial charge >= 0.3 is 0 Å². The molecule has 1 N–H and O–H groups in total. The Kier molecular flexibility index (Phi) is 7.70. The van der Waals surface area contributed by atoms with Gasteiger partial charge in [0.1, 0.15) is 12.4 Å². The van der Waals surface area contributed by atoms with E-state index < -0.39 is 4.92 Å². The lowest BCUT2D eigenvalue weighted by atomic mass is 9.87. The average Bonchev–Trinajstić information content (AvgIpc) is 3.18. The molecule has 0 atom stereocenters. The van der Waals surface area contributed by atoms with Gasteiger partial charge in [0, 0.05) is 24.4 Å². The SMILES string of the molecule is CCn1c(COc2ccc(C(C)(C)C)cc2)nnc1SCC(=O)Nc1ccc([N+](=O)[O-])cc1. The van der Waals surface area contributed by atoms with Gasteiger partial charge in [0.2, 0.25) is 5.91 Å². The Hall–Kier alpha value is -3.40. The first-order chi connectivity index (χ1) is 15.7. The number of amides is 1. The normalized spacial score (nSPS) is 11.3. The molecular weight excluding hydrogens is 442 g/mol. The highest BCUT2D eigenvalue weighted by atomic mass is 32.2. The topological polar surface area (TPSA) is 112 Å². The van der Waals surface area contributed by atoms with Crippen LogP contribution in [0.5, 0.6) is 5.75 Å². The third kappa shape index (κ3) is 6.55. The Bertz CT molecular complexity index is 1110. The first-order valence-electron chi connectivity index (χ1n) is 10.5. The Morgan fingerprint density at radius 2 is 1.79 bits per heavy atom. The molecule has 0 aliphatic carbocycles. The van der Waals surface area contributed by atoms with Crippen LogP contribution in [0, 0.1) is 10.1 Å². The number of nitro groups is 1. The van der Waals surface area contributed by atoms with Crippen molar-refractivity contribution >= 4 is 29.0 Å². The Morgan fingerprint density at radius 1 is 1.12 bits per heavy atom. The first-order valence-corrected chi connectivity index (χ1v) is 11.5. The van der Waals surface area contributed by atoms with Gasteiger partial charge in [-0.15, -0.1) is 10.2 Å². The van der Waals surface area contributed by atoms with Crippen LogP contribution in [-0.4, -0.2) is 31.3 Å². The van der Waals surface area contributed by atoms with Crippen LogP contribution in [0.4, 0.5) is 11.4 Å². The van der Waals surface area contributed by atoms with E-state index in [0.29, 0.717) is 23.2 Å². The molecule has 0 fully saturated rings. The van der Waals surface area contributed by atoms with Crippen LogP contribution in [-0.2, 0) is 23.4 Å². The summed E-state index contributed by atoms with van der Waals surface area (Å²) in [4.78, 5) is 22.5. The number of thioether (sulfide) groups is 1. The van der Waals surface area contributed by atoms with Gasteiger partial charge in [-0.25, -0.2) is 0 Å². The van der Waals surface area contributed by atoms with E-state index in [1.807, 2.05) is 23.6 Å². The number of ether oxygens (including phenoxy) is 1. The Morgan fingerprint density at radius 3 is 2.36 bits per heavy atom. The number of carbonyl (C=O) groups is 1. The highest BCUT2D eigenvalue weighted by Crippen LogP contribution is 2.25. The van der Waals surface area contributed by atoms with Crippen LogP contribution in [0.15, 0.2) is 53.7 Å². The summed E-state index contributed by atoms with van der Waals surface area (Å²) < 4.78 is 7.80. The molecule has 0 spiro atoms. The third-order valence-electron chi connectivity index (χ3n) is 4.89. The smallest absolute Gasteiger partial charge is 0.269 e. The first kappa shape index (κ1) is 24.2. The summed E-state index contributed by atoms with van der Waals surface area (Å²) in [5.41, 5.74) is 1.78. The molecule has 10 heteroatoms. The monoisotopic (exact) mass is 469 g/mol. The van der Waals surface area contributed by atoms with E-state index in [1.165, 1.54) is 41.6 Å². The fraction of sp³-hybridized carbons (Fsp3) is 0.348. The van der Waals surface area contributed by atoms with E-state index >= 15 is 0 Å². The van der Waals surface area contributed by atoms with Crippen molar-refractivity contribution in [1.29, 1.82) is 0 Å². The number of anilines is 1. The molecule has 0 saturated carbocycles. The summed E-state index contributed by atoms with van der Waals surface area (Å²) in [5.74, 6) is 1.32. The van der Waals surface area contributed by atoms with E-state index in [9.17, 15) is 14.9 Å². The highest BCUT2D eigenvalue weighted by molar-refractivity contribution is 7.99. The predicted octanol–water partition coefficient (Wildman–Crippen LogP) is 4.81. The van der Waals surface area contributed by atoms with Crippen LogP contribution >= 0.6 is 11.8 Å². The summed E-state index contributed by atoms with van der Waals surface area (Å²) in [6, 6.07) is 13.7. The fourth-order valence-corrected chi connectivity index (χ4v) is 3.86. The summed E-state index contributed by atoms with van der Waals surface area (Å²) in [7, 11) is 0. The molecule has 174 valence electrons. The Balaban J connectivity index is 1.55. The maximum Gasteiger partial charge on any atom is 0.269 e. The molecule has 3 aromatic rings. The number of nitrogens with zero attached hydrogens (tertiary/aromatic N) is 4. The largest absolute Gasteiger partial charge is 0.486 e. The number of nitro benzene ring substituents is 1. The number of rotatable bonds is 9. The third-order valence-corrected chi connectivity index (χ3v) is 5.86. The van der Waals surface area contributed by atoms with Crippen molar-refractivity contribution < 1.29 is 14.5 Å². The van der Waals surface area contributed by atoms with Gasteiger partial charge in [-0.1, -0.05) is 44.7 Å². The van der Waals surface area contributed by atoms with Crippen LogP contribution < -0.4 is 10.1 Å². The number of aromatic nitrogens is 3. The van der Waals surface area contributed by atoms with Crippen LogP contribution in [0.3, 0.4) is 0 Å². The lowest BCUT2D eigenvalue weighted by molar-refractivity contribution is -0.384. The number of carbonyl (C=O) groups excluding carboxylic acids is 1. The molecule has 1 aromatic heterocycles. The van der Waals surface area contributed by atoms with Gasteiger partial charge in [-0.05, 0) is 42.2 Å². The van der Waals surface area contributed by atoms with Crippen LogP contribution in [0.2, 0.25) is 0 Å². The molecule has 0 saturated heterocycles. The maximum absolute atomic E-state index is 12.3. The van der Waals surface area contributed by atoms with Crippen molar-refractivity contribution in [2.75, 3.05) is 11.1 Å². The standard InChI is InChI=1S/C23H27N5O4S/c1-5-27-20(14-32-19-12-6-16(7-13-19)23(2,3)4)25-26-22(27)33-15-21(29)24-17-8-10-18(11-9-17)28(30)31/h6-13H,5,14-15H2,1-4H3,(H,24,29). The minimum absolute atomic E-state index is 0.0293. The molecule has 1 heterocycles. The Labute approximate surface area is 196 Å². The fourth-order valence-electron chi connectivity index (χ4n) is 3.04. The minimum atomic E-state index is -0.485. The molecule has 0 radical (unpaired) electrons. The van der Waals surface area contributed by atoms with Crippen LogP contribution in [0.1, 0.15) is 39.1 Å². The second kappa shape index (κ2) is 10.5. The molecule has 3 rings (SSSR count). The zero-order chi connectivity index (χ0) is 24.0. The molecule has 2 aromatic carbocycles. The van der Waals surface area contributed by atoms with Crippen molar-refractivity contribution in [3.05, 3.63) is 70.0 Å². The summed E-state index contributed by atoms with van der Waals surface area (Å²) >= 11 is 1.27. The molecule has 1 amide bonds. The quantitative estimate of drug-likeness (QED) is 0.272. The number of hydrogen-bond donors (Lipinski definition) is 1. The molecule has 0 aliphatic heterocycles. The number of non-ortho nitro benzene ring substituents is 1. The zero-order valence-electron chi connectivity index (χ0n) is 19.1. The van der Waals surface area contributed by atoms with Gasteiger partial charge in [0.05, 0.1) is 10.7 Å². The van der Waals surface area contributed by atoms with E-state index in [2.05, 4.69) is 48.4 Å². The second-order valence-corrected chi connectivity index (χ2v) is 9.29. The molecular formula is C23H27N5O4S. The van der Waals surface area contributed by atoms with Crippen LogP contribution in [0.25, 0.3) is 0 Å². The molecule has 0 aliphatic rings. The number of benzene rings is 2. The number of hydrogen-bond acceptors (Lipinski definition) is 7. The minimum Gasteiger partial charge on any atom is -0.486 e. The lowest BCUT2D eigenvalue weighted by Gasteiger charge is -2.19. The molecule has 0 unspecified atom stereocenters. The van der Waals surface area contributed by atoms with E-state index in [0.717, 1.165) is 5.75 Å². The van der Waals surface area contributed by atoms with Crippen molar-refractivity contribution in [3.8, 4) is 5.75 Å². The zero-order valence-corrected chi connectivity index (χ0v) is 19.9. The molecule has 33 heavy (non-hydrogen) atoms. The summed E-state index contributed by atoms with van der Waals surface area (Å²) in [6.45, 7) is 9.38. The van der Waals surface area contributed by atoms with Crippen molar-refractivity contribution in [3.63, 3.8) is 0 Å². The van der Waals surface area contributed by atoms with Gasteiger partial charge in [0.15, 0.2) is 11.0 Å². The lowest BCUT2D eigenvalue weighted by Crippen LogP contribution is -2.15. The predicted molar refractivity (Wildman–Crippen MR) is 128 cm³/mol. The van der Waals surface area contributed by atoms with Gasteiger partial charge in [-0.2, -0.15) is 0 Å². The van der Waals surface area contributed by atoms with Gasteiger partial charge in [0.25, 0.3) is 5.69 Å². The molecule has 9 nitrogen and oxygen atoms in total. The van der Waals surface area contributed by atoms with Crippen molar-refractivity contribution in [2.24, 2.45) is 0 Å². The second-order valence-electron chi connectivity index (χ2n) is 8.35.